The highest BCUT2D eigenvalue weighted by Gasteiger charge is 2.67. The molecule has 0 saturated carbocycles. The van der Waals surface area contributed by atoms with Gasteiger partial charge in [0.05, 0.1) is 37.3 Å². The summed E-state index contributed by atoms with van der Waals surface area (Å²) in [7, 11) is -9.47. The maximum Gasteiger partial charge on any atom is 0.436 e. The molecule has 5 aromatic carbocycles. The van der Waals surface area contributed by atoms with E-state index in [1.165, 1.54) is 23.5 Å². The summed E-state index contributed by atoms with van der Waals surface area (Å²) in [5.74, 6) is -4.02. The molecular weight excluding hydrogens is 777 g/mol. The highest BCUT2D eigenvalue weighted by Crippen LogP contribution is 2.47. The Balaban J connectivity index is 1.07. The van der Waals surface area contributed by atoms with Gasteiger partial charge in [-0.2, -0.15) is 26.0 Å². The number of rotatable bonds is 10. The summed E-state index contributed by atoms with van der Waals surface area (Å²) in [5, 5.41) is -4.24. The third-order valence-electron chi connectivity index (χ3n) is 8.25. The molecule has 7 aromatic rings. The van der Waals surface area contributed by atoms with Gasteiger partial charge in [0.2, 0.25) is 9.84 Å². The Morgan fingerprint density at radius 3 is 1.60 bits per heavy atom. The van der Waals surface area contributed by atoms with E-state index in [4.69, 9.17) is 24.0 Å². The van der Waals surface area contributed by atoms with Gasteiger partial charge in [0.15, 0.2) is 0 Å². The first-order valence-corrected chi connectivity index (χ1v) is 19.9. The van der Waals surface area contributed by atoms with Crippen LogP contribution in [0.2, 0.25) is 0 Å². The number of fused-ring (bicyclic) bond motifs is 2. The molecular formula is C36H24F4N2O7S4. The van der Waals surface area contributed by atoms with Gasteiger partial charge in [0.25, 0.3) is 0 Å². The average Bonchev–Trinajstić information content (AvgIpc) is 3.74. The number of aromatic nitrogens is 2. The van der Waals surface area contributed by atoms with Gasteiger partial charge in [-0.1, -0.05) is 6.07 Å². The van der Waals surface area contributed by atoms with Crippen LogP contribution in [0.5, 0.6) is 17.2 Å². The number of halogens is 4. The summed E-state index contributed by atoms with van der Waals surface area (Å²) in [6, 6.07) is 25.8. The second-order valence-electron chi connectivity index (χ2n) is 11.7. The van der Waals surface area contributed by atoms with Crippen molar-refractivity contribution < 1.29 is 48.4 Å². The van der Waals surface area contributed by atoms with E-state index in [2.05, 4.69) is 6.07 Å². The second-order valence-corrected chi connectivity index (χ2v) is 17.2. The minimum Gasteiger partial charge on any atom is -0.497 e. The van der Waals surface area contributed by atoms with Crippen LogP contribution >= 0.6 is 22.7 Å². The van der Waals surface area contributed by atoms with Crippen LogP contribution in [0.15, 0.2) is 113 Å². The van der Waals surface area contributed by atoms with Gasteiger partial charge in [-0.05, 0) is 110 Å². The van der Waals surface area contributed by atoms with Crippen LogP contribution in [-0.4, -0.2) is 43.7 Å². The molecule has 0 aliphatic carbocycles. The van der Waals surface area contributed by atoms with Crippen molar-refractivity contribution >= 4 is 63.1 Å². The monoisotopic (exact) mass is 800 g/mol. The number of nitrogens with zero attached hydrogens (tertiary/aromatic N) is 2. The van der Waals surface area contributed by atoms with Crippen LogP contribution in [0, 0.1) is 6.92 Å². The van der Waals surface area contributed by atoms with Gasteiger partial charge in [0.1, 0.15) is 27.3 Å². The van der Waals surface area contributed by atoms with E-state index in [0.29, 0.717) is 5.75 Å². The highest BCUT2D eigenvalue weighted by molar-refractivity contribution is 7.91. The van der Waals surface area contributed by atoms with E-state index in [-0.39, 0.29) is 16.7 Å². The number of benzene rings is 5. The smallest absolute Gasteiger partial charge is 0.436 e. The van der Waals surface area contributed by atoms with Crippen molar-refractivity contribution in [3.63, 3.8) is 0 Å². The standard InChI is InChI=1S/C36H24F4N2O7S4/c1-20-3-14-27(17-28(20)35(37,38)36(39,40)53(45,46)47)52(43,44)26-15-12-25(13-16-26)49-24-10-6-22(7-11-24)34-42-30-18-29-31(19-32(30)51-34)50-33(41-29)21-4-8-23(48-2)9-5-21/h3-19H,1-2H3,(H,45,46,47). The highest BCUT2D eigenvalue weighted by atomic mass is 32.2. The fraction of sp³-hybridized carbons (Fsp3) is 0.111. The molecule has 272 valence electrons. The van der Waals surface area contributed by atoms with Gasteiger partial charge in [-0.25, -0.2) is 18.4 Å². The molecule has 7 rings (SSSR count). The number of ether oxygens (including phenoxy) is 2. The van der Waals surface area contributed by atoms with Crippen molar-refractivity contribution in [3.8, 4) is 38.4 Å². The molecule has 2 heterocycles. The number of alkyl halides is 4. The minimum absolute atomic E-state index is 0.238. The van der Waals surface area contributed by atoms with Crippen LogP contribution in [0.25, 0.3) is 41.6 Å². The average molecular weight is 801 g/mol. The number of hydrogen-bond donors (Lipinski definition) is 1. The van der Waals surface area contributed by atoms with E-state index in [0.717, 1.165) is 78.5 Å². The Morgan fingerprint density at radius 1 is 0.642 bits per heavy atom. The van der Waals surface area contributed by atoms with Crippen LogP contribution < -0.4 is 9.47 Å². The van der Waals surface area contributed by atoms with Gasteiger partial charge >= 0.3 is 21.3 Å². The van der Waals surface area contributed by atoms with E-state index >= 15 is 0 Å². The summed E-state index contributed by atoms with van der Waals surface area (Å²) in [6.45, 7) is 0.969. The zero-order valence-electron chi connectivity index (χ0n) is 27.3. The Labute approximate surface area is 307 Å². The Morgan fingerprint density at radius 2 is 1.11 bits per heavy atom. The van der Waals surface area contributed by atoms with E-state index in [1.807, 2.05) is 42.5 Å². The number of aryl methyl sites for hydroxylation is 1. The molecule has 0 amide bonds. The molecule has 0 aliphatic rings. The van der Waals surface area contributed by atoms with Crippen molar-refractivity contribution in [1.29, 1.82) is 0 Å². The number of methoxy groups -OCH3 is 1. The zero-order chi connectivity index (χ0) is 37.9. The number of hydrogen-bond acceptors (Lipinski definition) is 10. The summed E-state index contributed by atoms with van der Waals surface area (Å²) < 4.78 is 128. The first-order valence-electron chi connectivity index (χ1n) is 15.3. The lowest BCUT2D eigenvalue weighted by molar-refractivity contribution is -0.167. The molecule has 0 bridgehead atoms. The lowest BCUT2D eigenvalue weighted by Gasteiger charge is -2.25. The van der Waals surface area contributed by atoms with Gasteiger partial charge in [-0.15, -0.1) is 22.7 Å². The molecule has 0 atom stereocenters. The predicted octanol–water partition coefficient (Wildman–Crippen LogP) is 9.75. The van der Waals surface area contributed by atoms with Gasteiger partial charge in [-0.3, -0.25) is 4.55 Å². The van der Waals surface area contributed by atoms with Crippen molar-refractivity contribution in [2.75, 3.05) is 7.11 Å². The molecule has 0 fully saturated rings. The van der Waals surface area contributed by atoms with E-state index < -0.39 is 47.2 Å². The third-order valence-corrected chi connectivity index (χ3v) is 13.1. The molecule has 0 aliphatic heterocycles. The third kappa shape index (κ3) is 6.63. The molecule has 17 heteroatoms. The number of thiazole rings is 2. The molecule has 53 heavy (non-hydrogen) atoms. The molecule has 0 unspecified atom stereocenters. The lowest BCUT2D eigenvalue weighted by Crippen LogP contribution is -2.45. The SMILES string of the molecule is COc1ccc(-c2nc3cc4nc(-c5ccc(Oc6ccc(S(=O)(=O)c7ccc(C)c(C(F)(F)C(F)(F)S(=O)(=O)O)c7)cc6)cc5)sc4cc3s2)cc1. The van der Waals surface area contributed by atoms with Crippen molar-refractivity contribution in [2.24, 2.45) is 0 Å². The Kier molecular flexibility index (Phi) is 9.05. The summed E-state index contributed by atoms with van der Waals surface area (Å²) in [4.78, 5) is 8.44. The van der Waals surface area contributed by atoms with Crippen molar-refractivity contribution in [3.05, 3.63) is 114 Å². The van der Waals surface area contributed by atoms with Crippen LogP contribution in [0.1, 0.15) is 11.1 Å². The van der Waals surface area contributed by atoms with Crippen molar-refractivity contribution in [2.45, 2.75) is 27.9 Å². The minimum atomic E-state index is -6.55. The zero-order valence-corrected chi connectivity index (χ0v) is 30.5. The summed E-state index contributed by atoms with van der Waals surface area (Å²) in [6.07, 6.45) is 0. The predicted molar refractivity (Wildman–Crippen MR) is 194 cm³/mol. The molecule has 2 aromatic heterocycles. The normalized spacial score (nSPS) is 12.7. The fourth-order valence-electron chi connectivity index (χ4n) is 5.38. The summed E-state index contributed by atoms with van der Waals surface area (Å²) >= 11 is 3.12. The molecule has 9 nitrogen and oxygen atoms in total. The first kappa shape index (κ1) is 36.4. The lowest BCUT2D eigenvalue weighted by atomic mass is 10.0. The quantitative estimate of drug-likeness (QED) is 0.106. The van der Waals surface area contributed by atoms with Gasteiger partial charge < -0.3 is 9.47 Å². The molecule has 1 N–H and O–H groups in total. The second kappa shape index (κ2) is 13.2. The maximum absolute atomic E-state index is 14.7. The van der Waals surface area contributed by atoms with E-state index in [1.54, 1.807) is 30.6 Å². The fourth-order valence-corrected chi connectivity index (χ4v) is 9.16. The van der Waals surface area contributed by atoms with Gasteiger partial charge in [0, 0.05) is 16.7 Å². The number of sulfone groups is 1. The Bertz CT molecular complexity index is 2680. The van der Waals surface area contributed by atoms with Crippen LogP contribution in [0.3, 0.4) is 0 Å². The van der Waals surface area contributed by atoms with Crippen molar-refractivity contribution in [1.82, 2.24) is 9.97 Å². The molecule has 0 spiro atoms. The van der Waals surface area contributed by atoms with E-state index in [9.17, 15) is 34.4 Å². The molecule has 0 saturated heterocycles. The van der Waals surface area contributed by atoms with Crippen LogP contribution in [-0.2, 0) is 25.9 Å². The first-order chi connectivity index (χ1) is 25.0. The van der Waals surface area contributed by atoms with Crippen LogP contribution in [0.4, 0.5) is 17.6 Å². The topological polar surface area (TPSA) is 133 Å². The Hall–Kier alpha value is -4.94. The largest absolute Gasteiger partial charge is 0.497 e. The molecule has 0 radical (unpaired) electrons. The maximum atomic E-state index is 14.7. The summed E-state index contributed by atoms with van der Waals surface area (Å²) in [5.41, 5.74) is 1.39.